The van der Waals surface area contributed by atoms with E-state index in [9.17, 15) is 4.79 Å². The Bertz CT molecular complexity index is 925. The lowest BCUT2D eigenvalue weighted by Gasteiger charge is -2.05. The maximum atomic E-state index is 12.2. The molecule has 0 aliphatic rings. The summed E-state index contributed by atoms with van der Waals surface area (Å²) in [6.07, 6.45) is 1.57. The van der Waals surface area contributed by atoms with E-state index in [4.69, 9.17) is 4.74 Å². The number of hydrazone groups is 1. The van der Waals surface area contributed by atoms with Crippen LogP contribution in [0.4, 0.5) is 0 Å². The largest absolute Gasteiger partial charge is 0.496 e. The fourth-order valence-corrected chi connectivity index (χ4v) is 3.57. The number of methoxy groups -OCH3 is 1. The molecule has 0 fully saturated rings. The molecule has 142 valence electrons. The average molecular weight is 391 g/mol. The fraction of sp³-hybridized carbons (Fsp3) is 0.130. The molecular formula is C23H22N2O2S. The molecule has 0 heterocycles. The molecule has 5 heteroatoms. The van der Waals surface area contributed by atoms with Crippen LogP contribution in [0.2, 0.25) is 0 Å². The number of nitrogens with zero attached hydrogens (tertiary/aromatic N) is 1. The Morgan fingerprint density at radius 1 is 0.929 bits per heavy atom. The summed E-state index contributed by atoms with van der Waals surface area (Å²) in [6.45, 7) is 0. The van der Waals surface area contributed by atoms with Gasteiger partial charge in [-0.15, -0.1) is 0 Å². The van der Waals surface area contributed by atoms with Crippen molar-refractivity contribution < 1.29 is 9.53 Å². The van der Waals surface area contributed by atoms with Crippen LogP contribution >= 0.6 is 11.8 Å². The predicted octanol–water partition coefficient (Wildman–Crippen LogP) is 4.89. The SMILES string of the molecule is COc1ccccc1C=NNC(=O)c1ccc(CSCc2ccccc2)cc1. The maximum absolute atomic E-state index is 12.2. The first-order valence-electron chi connectivity index (χ1n) is 8.93. The Balaban J connectivity index is 1.50. The Kier molecular flexibility index (Phi) is 7.27. The standard InChI is InChI=1S/C23H22N2O2S/c1-27-22-10-6-5-9-21(22)15-24-25-23(26)20-13-11-19(12-14-20)17-28-16-18-7-3-2-4-8-18/h2-15H,16-17H2,1H3,(H,25,26). The lowest BCUT2D eigenvalue weighted by atomic mass is 10.1. The summed E-state index contributed by atoms with van der Waals surface area (Å²) in [7, 11) is 1.60. The molecule has 0 aromatic heterocycles. The third-order valence-electron chi connectivity index (χ3n) is 4.11. The second-order valence-corrected chi connectivity index (χ2v) is 7.10. The Morgan fingerprint density at radius 3 is 2.29 bits per heavy atom. The van der Waals surface area contributed by atoms with Crippen molar-refractivity contribution in [1.29, 1.82) is 0 Å². The van der Waals surface area contributed by atoms with E-state index in [1.165, 1.54) is 11.1 Å². The number of nitrogens with one attached hydrogen (secondary N) is 1. The van der Waals surface area contributed by atoms with Crippen molar-refractivity contribution in [2.45, 2.75) is 11.5 Å². The zero-order chi connectivity index (χ0) is 19.6. The number of ether oxygens (including phenoxy) is 1. The molecule has 3 rings (SSSR count). The molecule has 1 N–H and O–H groups in total. The van der Waals surface area contributed by atoms with E-state index in [1.54, 1.807) is 13.3 Å². The van der Waals surface area contributed by atoms with Crippen molar-refractivity contribution in [3.63, 3.8) is 0 Å². The minimum atomic E-state index is -0.241. The second-order valence-electron chi connectivity index (χ2n) is 6.12. The monoisotopic (exact) mass is 390 g/mol. The average Bonchev–Trinajstić information content (AvgIpc) is 2.75. The summed E-state index contributed by atoms with van der Waals surface area (Å²) in [5.41, 5.74) is 6.44. The lowest BCUT2D eigenvalue weighted by molar-refractivity contribution is 0.0955. The van der Waals surface area contributed by atoms with Crippen molar-refractivity contribution in [2.75, 3.05) is 7.11 Å². The van der Waals surface area contributed by atoms with Gasteiger partial charge in [0.2, 0.25) is 0 Å². The topological polar surface area (TPSA) is 50.7 Å². The van der Waals surface area contributed by atoms with Crippen LogP contribution in [-0.4, -0.2) is 19.2 Å². The van der Waals surface area contributed by atoms with Gasteiger partial charge in [-0.25, -0.2) is 5.43 Å². The molecule has 1 amide bonds. The van der Waals surface area contributed by atoms with Crippen LogP contribution in [-0.2, 0) is 11.5 Å². The van der Waals surface area contributed by atoms with E-state index in [1.807, 2.05) is 66.4 Å². The number of para-hydroxylation sites is 1. The molecule has 0 saturated heterocycles. The number of amides is 1. The number of hydrogen-bond donors (Lipinski definition) is 1. The lowest BCUT2D eigenvalue weighted by Crippen LogP contribution is -2.17. The predicted molar refractivity (Wildman–Crippen MR) is 116 cm³/mol. The number of carbonyl (C=O) groups is 1. The maximum Gasteiger partial charge on any atom is 0.271 e. The highest BCUT2D eigenvalue weighted by atomic mass is 32.2. The van der Waals surface area contributed by atoms with E-state index in [0.717, 1.165) is 17.1 Å². The van der Waals surface area contributed by atoms with E-state index in [2.05, 4.69) is 34.8 Å². The number of thioether (sulfide) groups is 1. The van der Waals surface area contributed by atoms with Crippen molar-refractivity contribution in [3.05, 3.63) is 101 Å². The molecule has 0 aliphatic heterocycles. The minimum Gasteiger partial charge on any atom is -0.496 e. The second kappa shape index (κ2) is 10.3. The van der Waals surface area contributed by atoms with Crippen LogP contribution in [0.25, 0.3) is 0 Å². The zero-order valence-corrected chi connectivity index (χ0v) is 16.5. The molecule has 4 nitrogen and oxygen atoms in total. The molecule has 0 atom stereocenters. The number of benzene rings is 3. The summed E-state index contributed by atoms with van der Waals surface area (Å²) in [6, 6.07) is 25.5. The van der Waals surface area contributed by atoms with Gasteiger partial charge in [-0.1, -0.05) is 54.6 Å². The highest BCUT2D eigenvalue weighted by Gasteiger charge is 2.05. The number of hydrogen-bond acceptors (Lipinski definition) is 4. The number of carbonyl (C=O) groups excluding carboxylic acids is 1. The quantitative estimate of drug-likeness (QED) is 0.440. The van der Waals surface area contributed by atoms with Crippen LogP contribution in [0.1, 0.15) is 27.0 Å². The number of rotatable bonds is 8. The minimum absolute atomic E-state index is 0.241. The summed E-state index contributed by atoms with van der Waals surface area (Å²) < 4.78 is 5.26. The zero-order valence-electron chi connectivity index (χ0n) is 15.7. The van der Waals surface area contributed by atoms with Gasteiger partial charge in [0, 0.05) is 22.6 Å². The van der Waals surface area contributed by atoms with Gasteiger partial charge in [-0.2, -0.15) is 16.9 Å². The first-order chi connectivity index (χ1) is 13.8. The Morgan fingerprint density at radius 2 is 1.57 bits per heavy atom. The van der Waals surface area contributed by atoms with Gasteiger partial charge in [0.05, 0.1) is 13.3 Å². The van der Waals surface area contributed by atoms with Gasteiger partial charge in [-0.05, 0) is 35.4 Å². The first kappa shape index (κ1) is 19.7. The van der Waals surface area contributed by atoms with Crippen LogP contribution in [0.5, 0.6) is 5.75 Å². The van der Waals surface area contributed by atoms with Crippen molar-refractivity contribution in [2.24, 2.45) is 5.10 Å². The molecule has 0 radical (unpaired) electrons. The first-order valence-corrected chi connectivity index (χ1v) is 10.1. The summed E-state index contributed by atoms with van der Waals surface area (Å²) in [4.78, 5) is 12.2. The third kappa shape index (κ3) is 5.72. The summed E-state index contributed by atoms with van der Waals surface area (Å²) >= 11 is 1.85. The van der Waals surface area contributed by atoms with Gasteiger partial charge < -0.3 is 4.74 Å². The molecular weight excluding hydrogens is 368 g/mol. The van der Waals surface area contributed by atoms with Gasteiger partial charge in [0.1, 0.15) is 5.75 Å². The molecule has 0 bridgehead atoms. The van der Waals surface area contributed by atoms with Crippen molar-refractivity contribution in [3.8, 4) is 5.75 Å². The van der Waals surface area contributed by atoms with E-state index in [-0.39, 0.29) is 5.91 Å². The molecule has 0 unspecified atom stereocenters. The van der Waals surface area contributed by atoms with Crippen LogP contribution < -0.4 is 10.2 Å². The van der Waals surface area contributed by atoms with Gasteiger partial charge in [-0.3, -0.25) is 4.79 Å². The van der Waals surface area contributed by atoms with Crippen molar-refractivity contribution >= 4 is 23.9 Å². The van der Waals surface area contributed by atoms with Gasteiger partial charge >= 0.3 is 0 Å². The molecule has 0 spiro atoms. The third-order valence-corrected chi connectivity index (χ3v) is 5.18. The van der Waals surface area contributed by atoms with Crippen LogP contribution in [0, 0.1) is 0 Å². The fourth-order valence-electron chi connectivity index (χ4n) is 2.61. The molecule has 3 aromatic rings. The van der Waals surface area contributed by atoms with Crippen LogP contribution in [0.3, 0.4) is 0 Å². The van der Waals surface area contributed by atoms with E-state index >= 15 is 0 Å². The molecule has 0 aliphatic carbocycles. The van der Waals surface area contributed by atoms with E-state index < -0.39 is 0 Å². The van der Waals surface area contributed by atoms with Gasteiger partial charge in [0.25, 0.3) is 5.91 Å². The Labute approximate surface area is 169 Å². The Hall–Kier alpha value is -3.05. The van der Waals surface area contributed by atoms with Crippen LogP contribution in [0.15, 0.2) is 84.0 Å². The smallest absolute Gasteiger partial charge is 0.271 e. The van der Waals surface area contributed by atoms with Crippen molar-refractivity contribution in [1.82, 2.24) is 5.43 Å². The molecule has 3 aromatic carbocycles. The highest BCUT2D eigenvalue weighted by molar-refractivity contribution is 7.97. The highest BCUT2D eigenvalue weighted by Crippen LogP contribution is 2.18. The molecule has 0 saturated carbocycles. The van der Waals surface area contributed by atoms with E-state index in [0.29, 0.717) is 11.3 Å². The van der Waals surface area contributed by atoms with Gasteiger partial charge in [0.15, 0.2) is 0 Å². The summed E-state index contributed by atoms with van der Waals surface area (Å²) in [5.74, 6) is 2.34. The normalized spacial score (nSPS) is 10.8. The summed E-state index contributed by atoms with van der Waals surface area (Å²) in [5, 5.41) is 4.02. The molecule has 28 heavy (non-hydrogen) atoms.